The third-order valence-corrected chi connectivity index (χ3v) is 3.66. The molecule has 1 aromatic rings. The highest BCUT2D eigenvalue weighted by atomic mass is 16.5. The number of para-hydroxylation sites is 1. The van der Waals surface area contributed by atoms with E-state index in [0.717, 1.165) is 38.0 Å². The molecule has 3 heteroatoms. The molecule has 0 aliphatic heterocycles. The Balaban J connectivity index is 2.03. The molecule has 2 unspecified atom stereocenters. The maximum Gasteiger partial charge on any atom is 0.0741 e. The molecule has 0 amide bonds. The number of ether oxygens (including phenoxy) is 1. The highest BCUT2D eigenvalue weighted by Gasteiger charge is 2.23. The summed E-state index contributed by atoms with van der Waals surface area (Å²) in [5.74, 6) is 0. The van der Waals surface area contributed by atoms with Crippen LogP contribution in [0.3, 0.4) is 0 Å². The average Bonchev–Trinajstić information content (AvgIpc) is 2.40. The number of hydrogen-bond donors (Lipinski definition) is 2. The van der Waals surface area contributed by atoms with E-state index in [1.807, 2.05) is 12.1 Å². The van der Waals surface area contributed by atoms with Crippen LogP contribution in [0.15, 0.2) is 24.3 Å². The Morgan fingerprint density at radius 2 is 2.06 bits per heavy atom. The van der Waals surface area contributed by atoms with E-state index in [1.165, 1.54) is 12.0 Å². The van der Waals surface area contributed by atoms with Crippen molar-refractivity contribution in [2.24, 2.45) is 0 Å². The van der Waals surface area contributed by atoms with Crippen LogP contribution in [0.25, 0.3) is 0 Å². The van der Waals surface area contributed by atoms with Crippen molar-refractivity contribution in [3.63, 3.8) is 0 Å². The van der Waals surface area contributed by atoms with Gasteiger partial charge in [-0.1, -0.05) is 31.0 Å². The van der Waals surface area contributed by atoms with Crippen molar-refractivity contribution in [3.8, 4) is 0 Å². The van der Waals surface area contributed by atoms with Crippen LogP contribution in [0, 0.1) is 0 Å². The number of methoxy groups -OCH3 is 1. The van der Waals surface area contributed by atoms with Gasteiger partial charge >= 0.3 is 0 Å². The number of benzene rings is 1. The zero-order valence-electron chi connectivity index (χ0n) is 11.1. The highest BCUT2D eigenvalue weighted by Crippen LogP contribution is 2.24. The zero-order chi connectivity index (χ0) is 12.8. The monoisotopic (exact) mass is 249 g/mol. The molecule has 1 saturated carbocycles. The number of aliphatic hydroxyl groups excluding tert-OH is 1. The summed E-state index contributed by atoms with van der Waals surface area (Å²) in [6.45, 7) is 0.728. The van der Waals surface area contributed by atoms with Crippen LogP contribution in [-0.2, 0) is 11.2 Å². The van der Waals surface area contributed by atoms with Gasteiger partial charge in [0, 0.05) is 12.8 Å². The van der Waals surface area contributed by atoms with E-state index in [-0.39, 0.29) is 12.1 Å². The molecule has 0 aromatic heterocycles. The van der Waals surface area contributed by atoms with Gasteiger partial charge in [0.25, 0.3) is 0 Å². The van der Waals surface area contributed by atoms with Gasteiger partial charge in [-0.25, -0.2) is 0 Å². The van der Waals surface area contributed by atoms with Crippen molar-refractivity contribution >= 4 is 5.69 Å². The molecular weight excluding hydrogens is 226 g/mol. The lowest BCUT2D eigenvalue weighted by Gasteiger charge is -2.30. The fraction of sp³-hybridized carbons (Fsp3) is 0.600. The Morgan fingerprint density at radius 3 is 2.83 bits per heavy atom. The van der Waals surface area contributed by atoms with Crippen LogP contribution in [0.1, 0.15) is 31.2 Å². The first-order valence-corrected chi connectivity index (χ1v) is 6.82. The summed E-state index contributed by atoms with van der Waals surface area (Å²) in [4.78, 5) is 0. The van der Waals surface area contributed by atoms with Gasteiger partial charge in [-0.2, -0.15) is 0 Å². The summed E-state index contributed by atoms with van der Waals surface area (Å²) >= 11 is 0. The molecule has 3 nitrogen and oxygen atoms in total. The maximum atomic E-state index is 10.0. The van der Waals surface area contributed by atoms with Gasteiger partial charge in [-0.15, -0.1) is 0 Å². The van der Waals surface area contributed by atoms with Gasteiger partial charge in [0.15, 0.2) is 0 Å². The lowest BCUT2D eigenvalue weighted by molar-refractivity contribution is 0.116. The standard InChI is InChI=1S/C15H23NO2/c1-18-11-10-12-6-2-3-7-13(12)16-14-8-4-5-9-15(14)17/h2-3,6-7,14-17H,4-5,8-11H2,1H3. The molecule has 2 rings (SSSR count). The summed E-state index contributed by atoms with van der Waals surface area (Å²) in [5.41, 5.74) is 2.40. The molecular formula is C15H23NO2. The smallest absolute Gasteiger partial charge is 0.0741 e. The molecule has 0 radical (unpaired) electrons. The van der Waals surface area contributed by atoms with E-state index >= 15 is 0 Å². The lowest BCUT2D eigenvalue weighted by atomic mass is 9.92. The van der Waals surface area contributed by atoms with Gasteiger partial charge in [0.2, 0.25) is 0 Å². The SMILES string of the molecule is COCCc1ccccc1NC1CCCCC1O. The van der Waals surface area contributed by atoms with E-state index in [0.29, 0.717) is 0 Å². The largest absolute Gasteiger partial charge is 0.391 e. The second-order valence-corrected chi connectivity index (χ2v) is 5.00. The molecule has 100 valence electrons. The molecule has 1 fully saturated rings. The van der Waals surface area contributed by atoms with Crippen LogP contribution in [0.4, 0.5) is 5.69 Å². The van der Waals surface area contributed by atoms with Crippen LogP contribution in [0.5, 0.6) is 0 Å². The van der Waals surface area contributed by atoms with Crippen LogP contribution < -0.4 is 5.32 Å². The molecule has 0 bridgehead atoms. The maximum absolute atomic E-state index is 10.0. The summed E-state index contributed by atoms with van der Waals surface area (Å²) in [7, 11) is 1.72. The Morgan fingerprint density at radius 1 is 1.28 bits per heavy atom. The normalized spacial score (nSPS) is 23.9. The molecule has 2 N–H and O–H groups in total. The van der Waals surface area contributed by atoms with Gasteiger partial charge in [-0.05, 0) is 30.9 Å². The number of nitrogens with one attached hydrogen (secondary N) is 1. The van der Waals surface area contributed by atoms with Crippen molar-refractivity contribution in [2.45, 2.75) is 44.2 Å². The highest BCUT2D eigenvalue weighted by molar-refractivity contribution is 5.52. The van der Waals surface area contributed by atoms with Crippen molar-refractivity contribution in [3.05, 3.63) is 29.8 Å². The predicted octanol–water partition coefficient (Wildman–Crippen LogP) is 2.59. The van der Waals surface area contributed by atoms with E-state index in [1.54, 1.807) is 7.11 Å². The summed E-state index contributed by atoms with van der Waals surface area (Å²) in [6, 6.07) is 8.49. The average molecular weight is 249 g/mol. The third-order valence-electron chi connectivity index (χ3n) is 3.66. The first-order valence-electron chi connectivity index (χ1n) is 6.82. The lowest BCUT2D eigenvalue weighted by Crippen LogP contribution is -2.36. The second-order valence-electron chi connectivity index (χ2n) is 5.00. The first-order chi connectivity index (χ1) is 8.81. The Hall–Kier alpha value is -1.06. The van der Waals surface area contributed by atoms with Crippen molar-refractivity contribution in [1.29, 1.82) is 0 Å². The zero-order valence-corrected chi connectivity index (χ0v) is 11.1. The van der Waals surface area contributed by atoms with E-state index < -0.39 is 0 Å². The van der Waals surface area contributed by atoms with E-state index in [4.69, 9.17) is 4.74 Å². The molecule has 0 heterocycles. The molecule has 2 atom stereocenters. The Bertz CT molecular complexity index is 367. The Labute approximate surface area is 109 Å². The number of hydrogen-bond acceptors (Lipinski definition) is 3. The molecule has 18 heavy (non-hydrogen) atoms. The quantitative estimate of drug-likeness (QED) is 0.843. The minimum atomic E-state index is -0.214. The fourth-order valence-corrected chi connectivity index (χ4v) is 2.57. The topological polar surface area (TPSA) is 41.5 Å². The van der Waals surface area contributed by atoms with Crippen LogP contribution in [-0.4, -0.2) is 31.0 Å². The molecule has 0 spiro atoms. The van der Waals surface area contributed by atoms with Gasteiger partial charge in [-0.3, -0.25) is 0 Å². The van der Waals surface area contributed by atoms with Crippen LogP contribution >= 0.6 is 0 Å². The van der Waals surface area contributed by atoms with Gasteiger partial charge in [0.1, 0.15) is 0 Å². The fourth-order valence-electron chi connectivity index (χ4n) is 2.57. The minimum Gasteiger partial charge on any atom is -0.391 e. The van der Waals surface area contributed by atoms with Crippen LogP contribution in [0.2, 0.25) is 0 Å². The summed E-state index contributed by atoms with van der Waals surface area (Å²) < 4.78 is 5.13. The first kappa shape index (κ1) is 13.4. The number of anilines is 1. The third kappa shape index (κ3) is 3.47. The summed E-state index contributed by atoms with van der Waals surface area (Å²) in [6.07, 6.45) is 5.01. The number of rotatable bonds is 5. The molecule has 1 aliphatic rings. The summed E-state index contributed by atoms with van der Waals surface area (Å²) in [5, 5.41) is 13.5. The van der Waals surface area contributed by atoms with Gasteiger partial charge in [0.05, 0.1) is 18.8 Å². The van der Waals surface area contributed by atoms with E-state index in [2.05, 4.69) is 17.4 Å². The van der Waals surface area contributed by atoms with Gasteiger partial charge < -0.3 is 15.2 Å². The van der Waals surface area contributed by atoms with Crippen molar-refractivity contribution < 1.29 is 9.84 Å². The predicted molar refractivity (Wildman–Crippen MR) is 73.9 cm³/mol. The number of aliphatic hydroxyl groups is 1. The molecule has 0 saturated heterocycles. The van der Waals surface area contributed by atoms with Crippen molar-refractivity contribution in [1.82, 2.24) is 0 Å². The van der Waals surface area contributed by atoms with Crippen molar-refractivity contribution in [2.75, 3.05) is 19.0 Å². The molecule has 1 aliphatic carbocycles. The minimum absolute atomic E-state index is 0.197. The second kappa shape index (κ2) is 6.76. The Kier molecular flexibility index (Phi) is 5.02. The van der Waals surface area contributed by atoms with E-state index in [9.17, 15) is 5.11 Å². The molecule has 1 aromatic carbocycles.